The molecule has 1 heteroatoms. The average molecular weight is 111 g/mol. The second kappa shape index (κ2) is 3.42. The maximum atomic E-state index is 3.84. The van der Waals surface area contributed by atoms with Crippen LogP contribution in [-0.2, 0) is 0 Å². The van der Waals surface area contributed by atoms with Crippen molar-refractivity contribution in [2.24, 2.45) is 10.9 Å². The highest BCUT2D eigenvalue weighted by molar-refractivity contribution is 5.24. The van der Waals surface area contributed by atoms with E-state index in [-0.39, 0.29) is 0 Å². The number of rotatable bonds is 3. The third-order valence-electron chi connectivity index (χ3n) is 1.42. The second-order valence-corrected chi connectivity index (χ2v) is 2.02. The quantitative estimate of drug-likeness (QED) is 0.389. The van der Waals surface area contributed by atoms with Gasteiger partial charge in [0.25, 0.3) is 0 Å². The molecule has 0 bridgehead atoms. The van der Waals surface area contributed by atoms with E-state index in [2.05, 4.69) is 25.2 Å². The molecule has 8 heavy (non-hydrogen) atoms. The molecule has 2 unspecified atom stereocenters. The summed E-state index contributed by atoms with van der Waals surface area (Å²) in [5, 5.41) is 0. The molecule has 1 nitrogen and oxygen atoms in total. The maximum absolute atomic E-state index is 3.84. The van der Waals surface area contributed by atoms with Crippen LogP contribution in [0.15, 0.2) is 17.6 Å². The van der Waals surface area contributed by atoms with Crippen molar-refractivity contribution in [3.05, 3.63) is 12.7 Å². The lowest BCUT2D eigenvalue weighted by atomic mass is 10.1. The van der Waals surface area contributed by atoms with Crippen molar-refractivity contribution in [3.8, 4) is 0 Å². The van der Waals surface area contributed by atoms with Gasteiger partial charge in [-0.3, -0.25) is 4.99 Å². The van der Waals surface area contributed by atoms with Gasteiger partial charge < -0.3 is 0 Å². The Bertz CT molecular complexity index is 74.4. The van der Waals surface area contributed by atoms with Crippen molar-refractivity contribution in [2.75, 3.05) is 0 Å². The lowest BCUT2D eigenvalue weighted by Crippen LogP contribution is -2.06. The summed E-state index contributed by atoms with van der Waals surface area (Å²) in [6.07, 6.45) is 1.89. The lowest BCUT2D eigenvalue weighted by molar-refractivity contribution is 0.589. The highest BCUT2D eigenvalue weighted by Crippen LogP contribution is 2.05. The minimum absolute atomic E-state index is 0.312. The monoisotopic (exact) mass is 111 g/mol. The molecular weight excluding hydrogens is 98.1 g/mol. The van der Waals surface area contributed by atoms with Gasteiger partial charge in [-0.25, -0.2) is 0 Å². The van der Waals surface area contributed by atoms with E-state index < -0.39 is 0 Å². The van der Waals surface area contributed by atoms with Gasteiger partial charge in [-0.1, -0.05) is 13.0 Å². The van der Waals surface area contributed by atoms with Crippen LogP contribution < -0.4 is 0 Å². The SMILES string of the molecule is C=CC(C)C(C)N=C. The zero-order valence-corrected chi connectivity index (χ0v) is 5.59. The normalized spacial score (nSPS) is 16.8. The molecule has 0 aromatic rings. The van der Waals surface area contributed by atoms with E-state index in [1.54, 1.807) is 0 Å². The third kappa shape index (κ3) is 1.92. The number of hydrogen-bond donors (Lipinski definition) is 0. The molecule has 2 atom stereocenters. The van der Waals surface area contributed by atoms with E-state index in [0.29, 0.717) is 12.0 Å². The largest absolute Gasteiger partial charge is 0.297 e. The van der Waals surface area contributed by atoms with Crippen LogP contribution in [0.5, 0.6) is 0 Å². The summed E-state index contributed by atoms with van der Waals surface area (Å²) >= 11 is 0. The number of aliphatic imine (C=N–C) groups is 1. The molecule has 0 radical (unpaired) electrons. The van der Waals surface area contributed by atoms with Gasteiger partial charge in [-0.05, 0) is 19.6 Å². The van der Waals surface area contributed by atoms with Gasteiger partial charge >= 0.3 is 0 Å². The molecule has 0 saturated heterocycles. The molecule has 0 saturated carbocycles. The van der Waals surface area contributed by atoms with E-state index in [9.17, 15) is 0 Å². The Morgan fingerprint density at radius 2 is 2.00 bits per heavy atom. The minimum Gasteiger partial charge on any atom is -0.297 e. The van der Waals surface area contributed by atoms with Crippen molar-refractivity contribution < 1.29 is 0 Å². The standard InChI is InChI=1S/C7H13N/c1-5-6(2)7(3)8-4/h5-7H,1,4H2,2-3H3. The molecule has 0 fully saturated rings. The third-order valence-corrected chi connectivity index (χ3v) is 1.42. The van der Waals surface area contributed by atoms with E-state index in [1.165, 1.54) is 0 Å². The van der Waals surface area contributed by atoms with Crippen molar-refractivity contribution >= 4 is 6.72 Å². The molecule has 0 heterocycles. The number of hydrogen-bond acceptors (Lipinski definition) is 1. The van der Waals surface area contributed by atoms with Gasteiger partial charge in [0.2, 0.25) is 0 Å². The molecule has 0 N–H and O–H groups in total. The smallest absolute Gasteiger partial charge is 0.0524 e. The Morgan fingerprint density at radius 1 is 1.50 bits per heavy atom. The molecule has 0 amide bonds. The maximum Gasteiger partial charge on any atom is 0.0524 e. The van der Waals surface area contributed by atoms with Crippen molar-refractivity contribution in [2.45, 2.75) is 19.9 Å². The molecule has 46 valence electrons. The van der Waals surface area contributed by atoms with Crippen LogP contribution in [0.4, 0.5) is 0 Å². The van der Waals surface area contributed by atoms with E-state index in [1.807, 2.05) is 13.0 Å². The van der Waals surface area contributed by atoms with E-state index >= 15 is 0 Å². The van der Waals surface area contributed by atoms with Gasteiger partial charge in [-0.15, -0.1) is 6.58 Å². The Morgan fingerprint density at radius 3 is 2.12 bits per heavy atom. The highest BCUT2D eigenvalue weighted by Gasteiger charge is 2.02. The highest BCUT2D eigenvalue weighted by atomic mass is 14.7. The topological polar surface area (TPSA) is 12.4 Å². The van der Waals surface area contributed by atoms with Gasteiger partial charge in [0, 0.05) is 0 Å². The summed E-state index contributed by atoms with van der Waals surface area (Å²) in [5.74, 6) is 0.451. The molecule has 0 aliphatic heterocycles. The molecule has 0 aromatic carbocycles. The van der Waals surface area contributed by atoms with Crippen LogP contribution in [0.1, 0.15) is 13.8 Å². The molecule has 0 aliphatic rings. The summed E-state index contributed by atoms with van der Waals surface area (Å²) in [6.45, 7) is 11.2. The first-order chi connectivity index (χ1) is 3.72. The van der Waals surface area contributed by atoms with Crippen LogP contribution in [0.2, 0.25) is 0 Å². The Kier molecular flexibility index (Phi) is 3.16. The number of nitrogens with zero attached hydrogens (tertiary/aromatic N) is 1. The minimum atomic E-state index is 0.312. The molecule has 0 rings (SSSR count). The van der Waals surface area contributed by atoms with Crippen molar-refractivity contribution in [1.29, 1.82) is 0 Å². The van der Waals surface area contributed by atoms with Crippen LogP contribution in [-0.4, -0.2) is 12.8 Å². The predicted octanol–water partition coefficient (Wildman–Crippen LogP) is 1.90. The van der Waals surface area contributed by atoms with Crippen LogP contribution in [0.3, 0.4) is 0 Å². The van der Waals surface area contributed by atoms with Gasteiger partial charge in [0.05, 0.1) is 6.04 Å². The van der Waals surface area contributed by atoms with E-state index in [4.69, 9.17) is 0 Å². The first-order valence-corrected chi connectivity index (χ1v) is 2.80. The Hall–Kier alpha value is -0.590. The van der Waals surface area contributed by atoms with Crippen LogP contribution >= 0.6 is 0 Å². The molecule has 0 spiro atoms. The molecular formula is C7H13N. The predicted molar refractivity (Wildman–Crippen MR) is 38.4 cm³/mol. The van der Waals surface area contributed by atoms with Crippen LogP contribution in [0.25, 0.3) is 0 Å². The Labute approximate surface area is 51.1 Å². The van der Waals surface area contributed by atoms with Gasteiger partial charge in [-0.2, -0.15) is 0 Å². The van der Waals surface area contributed by atoms with Gasteiger partial charge in [0.15, 0.2) is 0 Å². The summed E-state index contributed by atoms with van der Waals surface area (Å²) in [6, 6.07) is 0.312. The molecule has 0 aromatic heterocycles. The summed E-state index contributed by atoms with van der Waals surface area (Å²) in [7, 11) is 0. The fourth-order valence-electron chi connectivity index (χ4n) is 0.363. The lowest BCUT2D eigenvalue weighted by Gasteiger charge is -2.08. The Balaban J connectivity index is 3.60. The second-order valence-electron chi connectivity index (χ2n) is 2.02. The van der Waals surface area contributed by atoms with Crippen molar-refractivity contribution in [3.63, 3.8) is 0 Å². The van der Waals surface area contributed by atoms with Gasteiger partial charge in [0.1, 0.15) is 0 Å². The average Bonchev–Trinajstić information content (AvgIpc) is 1.84. The zero-order valence-electron chi connectivity index (χ0n) is 5.59. The summed E-state index contributed by atoms with van der Waals surface area (Å²) < 4.78 is 0. The summed E-state index contributed by atoms with van der Waals surface area (Å²) in [5.41, 5.74) is 0. The molecule has 0 aliphatic carbocycles. The van der Waals surface area contributed by atoms with Crippen molar-refractivity contribution in [1.82, 2.24) is 0 Å². The first kappa shape index (κ1) is 7.41. The first-order valence-electron chi connectivity index (χ1n) is 2.80. The zero-order chi connectivity index (χ0) is 6.57. The fourth-order valence-corrected chi connectivity index (χ4v) is 0.363. The fraction of sp³-hybridized carbons (Fsp3) is 0.571. The summed E-state index contributed by atoms with van der Waals surface area (Å²) in [4.78, 5) is 3.84. The van der Waals surface area contributed by atoms with E-state index in [0.717, 1.165) is 0 Å². The van der Waals surface area contributed by atoms with Crippen LogP contribution in [0, 0.1) is 5.92 Å².